The standard InChI is InChI=1S/C11H17N3O4/c1-7-12-9(18-14-7)5-4-8(15)13-11(2,3)6-10(16)17/h4-6H2,1-3H3,(H,13,15)(H,16,17). The van der Waals surface area contributed by atoms with Crippen molar-refractivity contribution in [3.8, 4) is 0 Å². The van der Waals surface area contributed by atoms with Gasteiger partial charge in [-0.1, -0.05) is 5.16 Å². The number of rotatable bonds is 6. The zero-order valence-corrected chi connectivity index (χ0v) is 10.7. The molecule has 18 heavy (non-hydrogen) atoms. The molecule has 1 rings (SSSR count). The third-order valence-electron chi connectivity index (χ3n) is 2.21. The van der Waals surface area contributed by atoms with Gasteiger partial charge >= 0.3 is 5.97 Å². The zero-order chi connectivity index (χ0) is 13.8. The van der Waals surface area contributed by atoms with Crippen LogP contribution in [0.25, 0.3) is 0 Å². The molecule has 7 nitrogen and oxygen atoms in total. The third-order valence-corrected chi connectivity index (χ3v) is 2.21. The van der Waals surface area contributed by atoms with Gasteiger partial charge in [0.2, 0.25) is 11.8 Å². The maximum Gasteiger partial charge on any atom is 0.305 e. The summed E-state index contributed by atoms with van der Waals surface area (Å²) in [5.41, 5.74) is -0.770. The Hall–Kier alpha value is -1.92. The number of nitrogens with zero attached hydrogens (tertiary/aromatic N) is 2. The van der Waals surface area contributed by atoms with E-state index in [0.29, 0.717) is 18.1 Å². The van der Waals surface area contributed by atoms with E-state index in [1.807, 2.05) is 0 Å². The molecule has 100 valence electrons. The van der Waals surface area contributed by atoms with Crippen LogP contribution in [0.2, 0.25) is 0 Å². The number of aliphatic carboxylic acids is 1. The molecule has 7 heteroatoms. The number of carboxylic acids is 1. The lowest BCUT2D eigenvalue weighted by Gasteiger charge is -2.24. The number of aromatic nitrogens is 2. The van der Waals surface area contributed by atoms with Crippen LogP contribution in [-0.2, 0) is 16.0 Å². The van der Waals surface area contributed by atoms with Crippen LogP contribution in [0.15, 0.2) is 4.52 Å². The molecule has 1 amide bonds. The normalized spacial score (nSPS) is 11.3. The number of aryl methyl sites for hydroxylation is 2. The van der Waals surface area contributed by atoms with Crippen molar-refractivity contribution in [3.05, 3.63) is 11.7 Å². The van der Waals surface area contributed by atoms with Crippen LogP contribution in [0, 0.1) is 6.92 Å². The van der Waals surface area contributed by atoms with Gasteiger partial charge in [0.1, 0.15) is 0 Å². The molecule has 1 aromatic heterocycles. The van der Waals surface area contributed by atoms with Gasteiger partial charge in [-0.25, -0.2) is 0 Å². The summed E-state index contributed by atoms with van der Waals surface area (Å²) in [4.78, 5) is 26.2. The summed E-state index contributed by atoms with van der Waals surface area (Å²) < 4.78 is 4.87. The van der Waals surface area contributed by atoms with Crippen molar-refractivity contribution >= 4 is 11.9 Å². The van der Waals surface area contributed by atoms with Gasteiger partial charge in [-0.2, -0.15) is 4.98 Å². The summed E-state index contributed by atoms with van der Waals surface area (Å²) in [6.45, 7) is 5.02. The first-order valence-corrected chi connectivity index (χ1v) is 5.60. The summed E-state index contributed by atoms with van der Waals surface area (Å²) in [5, 5.41) is 15.0. The Balaban J connectivity index is 2.39. The monoisotopic (exact) mass is 255 g/mol. The molecule has 0 bridgehead atoms. The van der Waals surface area contributed by atoms with Gasteiger partial charge in [-0.3, -0.25) is 9.59 Å². The molecule has 0 aliphatic rings. The molecule has 0 atom stereocenters. The summed E-state index contributed by atoms with van der Waals surface area (Å²) in [6, 6.07) is 0. The first kappa shape index (κ1) is 14.1. The maximum absolute atomic E-state index is 11.6. The minimum absolute atomic E-state index is 0.127. The zero-order valence-electron chi connectivity index (χ0n) is 10.7. The molecule has 1 aromatic rings. The van der Waals surface area contributed by atoms with Crippen molar-refractivity contribution in [3.63, 3.8) is 0 Å². The van der Waals surface area contributed by atoms with Crippen LogP contribution in [0.1, 0.15) is 38.4 Å². The fraction of sp³-hybridized carbons (Fsp3) is 0.636. The Morgan fingerprint density at radius 1 is 1.44 bits per heavy atom. The average Bonchev–Trinajstić information content (AvgIpc) is 2.58. The van der Waals surface area contributed by atoms with Crippen LogP contribution in [0.3, 0.4) is 0 Å². The SMILES string of the molecule is Cc1noc(CCC(=O)NC(C)(C)CC(=O)O)n1. The summed E-state index contributed by atoms with van der Waals surface area (Å²) in [5.74, 6) is -0.264. The first-order valence-electron chi connectivity index (χ1n) is 5.60. The van der Waals surface area contributed by atoms with Crippen LogP contribution in [0.5, 0.6) is 0 Å². The smallest absolute Gasteiger partial charge is 0.305 e. The van der Waals surface area contributed by atoms with Gasteiger partial charge in [0.15, 0.2) is 5.82 Å². The molecule has 1 heterocycles. The van der Waals surface area contributed by atoms with Crippen molar-refractivity contribution in [2.24, 2.45) is 0 Å². The minimum Gasteiger partial charge on any atom is -0.481 e. The number of hydrogen-bond acceptors (Lipinski definition) is 5. The molecule has 0 spiro atoms. The lowest BCUT2D eigenvalue weighted by Crippen LogP contribution is -2.45. The van der Waals surface area contributed by atoms with E-state index in [2.05, 4.69) is 15.5 Å². The highest BCUT2D eigenvalue weighted by Crippen LogP contribution is 2.09. The van der Waals surface area contributed by atoms with Crippen molar-refractivity contribution in [2.75, 3.05) is 0 Å². The maximum atomic E-state index is 11.6. The highest BCUT2D eigenvalue weighted by Gasteiger charge is 2.23. The molecule has 0 saturated carbocycles. The second-order valence-electron chi connectivity index (χ2n) is 4.74. The molecule has 0 radical (unpaired) electrons. The van der Waals surface area contributed by atoms with E-state index < -0.39 is 11.5 Å². The Bertz CT molecular complexity index is 439. The largest absolute Gasteiger partial charge is 0.481 e. The van der Waals surface area contributed by atoms with E-state index in [9.17, 15) is 9.59 Å². The van der Waals surface area contributed by atoms with Crippen molar-refractivity contribution in [1.82, 2.24) is 15.5 Å². The number of hydrogen-bond donors (Lipinski definition) is 2. The van der Waals surface area contributed by atoms with E-state index in [4.69, 9.17) is 9.63 Å². The molecule has 0 aliphatic heterocycles. The van der Waals surface area contributed by atoms with Gasteiger partial charge < -0.3 is 14.9 Å². The number of carbonyl (C=O) groups excluding carboxylic acids is 1. The molecule has 0 unspecified atom stereocenters. The number of carboxylic acid groups (broad SMARTS) is 1. The summed E-state index contributed by atoms with van der Waals surface area (Å²) in [6.07, 6.45) is 0.402. The Morgan fingerprint density at radius 2 is 2.11 bits per heavy atom. The number of nitrogens with one attached hydrogen (secondary N) is 1. The fourth-order valence-corrected chi connectivity index (χ4v) is 1.52. The molecular weight excluding hydrogens is 238 g/mol. The fourth-order valence-electron chi connectivity index (χ4n) is 1.52. The quantitative estimate of drug-likeness (QED) is 0.774. The van der Waals surface area contributed by atoms with Crippen LogP contribution >= 0.6 is 0 Å². The first-order chi connectivity index (χ1) is 8.28. The third kappa shape index (κ3) is 4.94. The number of amides is 1. The number of carbonyl (C=O) groups is 2. The average molecular weight is 255 g/mol. The summed E-state index contributed by atoms with van der Waals surface area (Å²) in [7, 11) is 0. The van der Waals surface area contributed by atoms with Crippen molar-refractivity contribution in [2.45, 2.75) is 45.6 Å². The highest BCUT2D eigenvalue weighted by molar-refractivity contribution is 5.78. The van der Waals surface area contributed by atoms with Gasteiger partial charge in [0.05, 0.1) is 6.42 Å². The molecule has 2 N–H and O–H groups in total. The van der Waals surface area contributed by atoms with E-state index in [0.717, 1.165) is 0 Å². The van der Waals surface area contributed by atoms with Crippen molar-refractivity contribution < 1.29 is 19.2 Å². The Morgan fingerprint density at radius 3 is 2.61 bits per heavy atom. The molecule has 0 fully saturated rings. The van der Waals surface area contributed by atoms with Gasteiger partial charge in [0, 0.05) is 18.4 Å². The topological polar surface area (TPSA) is 105 Å². The van der Waals surface area contributed by atoms with Crippen LogP contribution in [0.4, 0.5) is 0 Å². The molecular formula is C11H17N3O4. The van der Waals surface area contributed by atoms with Crippen LogP contribution < -0.4 is 5.32 Å². The summed E-state index contributed by atoms with van der Waals surface area (Å²) >= 11 is 0. The van der Waals surface area contributed by atoms with Gasteiger partial charge in [-0.15, -0.1) is 0 Å². The Kier molecular flexibility index (Phi) is 4.41. The predicted octanol–water partition coefficient (Wildman–Crippen LogP) is 0.680. The molecule has 0 saturated heterocycles. The lowest BCUT2D eigenvalue weighted by atomic mass is 10.0. The van der Waals surface area contributed by atoms with Crippen LogP contribution in [-0.4, -0.2) is 32.7 Å². The highest BCUT2D eigenvalue weighted by atomic mass is 16.5. The Labute approximate surface area is 105 Å². The van der Waals surface area contributed by atoms with E-state index >= 15 is 0 Å². The molecule has 0 aliphatic carbocycles. The van der Waals surface area contributed by atoms with Gasteiger partial charge in [0.25, 0.3) is 0 Å². The van der Waals surface area contributed by atoms with E-state index in [1.54, 1.807) is 20.8 Å². The predicted molar refractivity (Wildman–Crippen MR) is 61.8 cm³/mol. The second-order valence-corrected chi connectivity index (χ2v) is 4.74. The van der Waals surface area contributed by atoms with E-state index in [-0.39, 0.29) is 18.7 Å². The minimum atomic E-state index is -0.951. The van der Waals surface area contributed by atoms with Crippen molar-refractivity contribution in [1.29, 1.82) is 0 Å². The molecule has 0 aromatic carbocycles. The lowest BCUT2D eigenvalue weighted by molar-refractivity contribution is -0.138. The second kappa shape index (κ2) is 5.61. The van der Waals surface area contributed by atoms with Gasteiger partial charge in [-0.05, 0) is 20.8 Å². The van der Waals surface area contributed by atoms with E-state index in [1.165, 1.54) is 0 Å².